The van der Waals surface area contributed by atoms with Gasteiger partial charge in [-0.1, -0.05) is 30.3 Å². The quantitative estimate of drug-likeness (QED) is 0.919. The van der Waals surface area contributed by atoms with E-state index in [-0.39, 0.29) is 5.91 Å². The Kier molecular flexibility index (Phi) is 4.41. The van der Waals surface area contributed by atoms with Crippen LogP contribution in [0.2, 0.25) is 0 Å². The summed E-state index contributed by atoms with van der Waals surface area (Å²) in [6, 6.07) is 15.2. The highest BCUT2D eigenvalue weighted by Crippen LogP contribution is 2.19. The Morgan fingerprint density at radius 1 is 1.05 bits per heavy atom. The van der Waals surface area contributed by atoms with Gasteiger partial charge in [-0.05, 0) is 50.1 Å². The molecule has 0 aliphatic carbocycles. The number of carbonyl (C=O) groups excluding carboxylic acids is 1. The molecule has 104 valence electrons. The summed E-state index contributed by atoms with van der Waals surface area (Å²) in [5, 5.41) is 2.91. The number of anilines is 1. The second kappa shape index (κ2) is 6.24. The van der Waals surface area contributed by atoms with E-state index in [0.29, 0.717) is 5.75 Å². The second-order valence-corrected chi connectivity index (χ2v) is 4.81. The maximum absolute atomic E-state index is 12.1. The molecule has 0 aromatic heterocycles. The average Bonchev–Trinajstić information content (AvgIpc) is 2.45. The number of nitrogens with one attached hydrogen (secondary N) is 1. The van der Waals surface area contributed by atoms with Crippen LogP contribution in [0.3, 0.4) is 0 Å². The fourth-order valence-electron chi connectivity index (χ4n) is 1.88. The number of rotatable bonds is 4. The first-order valence-electron chi connectivity index (χ1n) is 6.66. The summed E-state index contributed by atoms with van der Waals surface area (Å²) in [7, 11) is 0. The molecule has 0 radical (unpaired) electrons. The predicted octanol–water partition coefficient (Wildman–Crippen LogP) is 3.71. The fraction of sp³-hybridized carbons (Fsp3) is 0.235. The van der Waals surface area contributed by atoms with E-state index >= 15 is 0 Å². The summed E-state index contributed by atoms with van der Waals surface area (Å²) in [4.78, 5) is 12.1. The van der Waals surface area contributed by atoms with Gasteiger partial charge >= 0.3 is 0 Å². The summed E-state index contributed by atoms with van der Waals surface area (Å²) >= 11 is 0. The van der Waals surface area contributed by atoms with Gasteiger partial charge in [0.05, 0.1) is 0 Å². The molecule has 1 N–H and O–H groups in total. The molecule has 0 saturated heterocycles. The van der Waals surface area contributed by atoms with Gasteiger partial charge in [0.2, 0.25) is 0 Å². The third-order valence-corrected chi connectivity index (χ3v) is 3.29. The van der Waals surface area contributed by atoms with Crippen molar-refractivity contribution in [2.75, 3.05) is 5.32 Å². The first kappa shape index (κ1) is 14.1. The van der Waals surface area contributed by atoms with Crippen molar-refractivity contribution in [2.45, 2.75) is 26.9 Å². The largest absolute Gasteiger partial charge is 0.481 e. The van der Waals surface area contributed by atoms with Crippen LogP contribution in [-0.4, -0.2) is 12.0 Å². The summed E-state index contributed by atoms with van der Waals surface area (Å²) in [5.74, 6) is 0.540. The van der Waals surface area contributed by atoms with Crippen LogP contribution >= 0.6 is 0 Å². The highest BCUT2D eigenvalue weighted by molar-refractivity contribution is 5.94. The monoisotopic (exact) mass is 269 g/mol. The summed E-state index contributed by atoms with van der Waals surface area (Å²) in [6.45, 7) is 5.76. The molecule has 0 heterocycles. The topological polar surface area (TPSA) is 38.3 Å². The number of para-hydroxylation sites is 1. The van der Waals surface area contributed by atoms with Crippen molar-refractivity contribution < 1.29 is 9.53 Å². The Morgan fingerprint density at radius 3 is 2.45 bits per heavy atom. The van der Waals surface area contributed by atoms with Crippen LogP contribution in [-0.2, 0) is 4.79 Å². The number of amides is 1. The van der Waals surface area contributed by atoms with E-state index in [1.54, 1.807) is 6.92 Å². The van der Waals surface area contributed by atoms with Crippen molar-refractivity contribution in [1.29, 1.82) is 0 Å². The first-order chi connectivity index (χ1) is 9.58. The molecule has 0 aliphatic heterocycles. The lowest BCUT2D eigenvalue weighted by molar-refractivity contribution is -0.122. The molecule has 2 rings (SSSR count). The standard InChI is InChI=1S/C17H19NO2/c1-12-8-7-11-16(13(12)2)18-17(19)14(3)20-15-9-5-4-6-10-15/h4-11,14H,1-3H3,(H,18,19). The molecule has 3 nitrogen and oxygen atoms in total. The minimum Gasteiger partial charge on any atom is -0.481 e. The summed E-state index contributed by atoms with van der Waals surface area (Å²) < 4.78 is 5.61. The molecular formula is C17H19NO2. The van der Waals surface area contributed by atoms with Gasteiger partial charge in [-0.3, -0.25) is 4.79 Å². The highest BCUT2D eigenvalue weighted by Gasteiger charge is 2.15. The number of ether oxygens (including phenoxy) is 1. The van der Waals surface area contributed by atoms with Gasteiger partial charge in [0.1, 0.15) is 5.75 Å². The van der Waals surface area contributed by atoms with E-state index in [1.807, 2.05) is 62.4 Å². The number of benzene rings is 2. The van der Waals surface area contributed by atoms with Crippen LogP contribution in [0.4, 0.5) is 5.69 Å². The molecule has 0 fully saturated rings. The van der Waals surface area contributed by atoms with Crippen LogP contribution in [0.15, 0.2) is 48.5 Å². The van der Waals surface area contributed by atoms with E-state index in [9.17, 15) is 4.79 Å². The SMILES string of the molecule is Cc1cccc(NC(=O)C(C)Oc2ccccc2)c1C. The summed E-state index contributed by atoms with van der Waals surface area (Å²) in [6.07, 6.45) is -0.544. The van der Waals surface area contributed by atoms with Gasteiger partial charge in [-0.25, -0.2) is 0 Å². The molecule has 0 spiro atoms. The third kappa shape index (κ3) is 3.38. The smallest absolute Gasteiger partial charge is 0.265 e. The van der Waals surface area contributed by atoms with Crippen molar-refractivity contribution in [1.82, 2.24) is 0 Å². The lowest BCUT2D eigenvalue weighted by Gasteiger charge is -2.16. The highest BCUT2D eigenvalue weighted by atomic mass is 16.5. The van der Waals surface area contributed by atoms with Crippen molar-refractivity contribution in [3.05, 3.63) is 59.7 Å². The summed E-state index contributed by atoms with van der Waals surface area (Å²) in [5.41, 5.74) is 3.06. The molecule has 2 aromatic carbocycles. The molecule has 0 aliphatic rings. The zero-order chi connectivity index (χ0) is 14.5. The average molecular weight is 269 g/mol. The Labute approximate surface area is 119 Å². The van der Waals surface area contributed by atoms with Gasteiger partial charge in [0.25, 0.3) is 5.91 Å². The molecule has 2 aromatic rings. The van der Waals surface area contributed by atoms with Crippen molar-refractivity contribution >= 4 is 11.6 Å². The normalized spacial score (nSPS) is 11.8. The lowest BCUT2D eigenvalue weighted by atomic mass is 10.1. The molecule has 1 amide bonds. The first-order valence-corrected chi connectivity index (χ1v) is 6.66. The molecule has 3 heteroatoms. The minimum atomic E-state index is -0.544. The van der Waals surface area contributed by atoms with Crippen molar-refractivity contribution in [3.8, 4) is 5.75 Å². The number of hydrogen-bond acceptors (Lipinski definition) is 2. The van der Waals surface area contributed by atoms with E-state index < -0.39 is 6.10 Å². The van der Waals surface area contributed by atoms with Crippen LogP contribution in [0.5, 0.6) is 5.75 Å². The van der Waals surface area contributed by atoms with Gasteiger partial charge in [0.15, 0.2) is 6.10 Å². The molecule has 0 bridgehead atoms. The molecule has 0 saturated carbocycles. The molecule has 1 atom stereocenters. The Balaban J connectivity index is 2.03. The number of aryl methyl sites for hydroxylation is 1. The van der Waals surface area contributed by atoms with Crippen molar-refractivity contribution in [3.63, 3.8) is 0 Å². The van der Waals surface area contributed by atoms with E-state index in [1.165, 1.54) is 0 Å². The maximum Gasteiger partial charge on any atom is 0.265 e. The van der Waals surface area contributed by atoms with E-state index in [2.05, 4.69) is 5.32 Å². The molecule has 20 heavy (non-hydrogen) atoms. The Hall–Kier alpha value is -2.29. The maximum atomic E-state index is 12.1. The molecule has 1 unspecified atom stereocenters. The second-order valence-electron chi connectivity index (χ2n) is 4.81. The third-order valence-electron chi connectivity index (χ3n) is 3.29. The minimum absolute atomic E-state index is 0.150. The van der Waals surface area contributed by atoms with Gasteiger partial charge in [0, 0.05) is 5.69 Å². The Morgan fingerprint density at radius 2 is 1.75 bits per heavy atom. The number of hydrogen-bond donors (Lipinski definition) is 1. The van der Waals surface area contributed by atoms with Gasteiger partial charge in [-0.2, -0.15) is 0 Å². The van der Waals surface area contributed by atoms with E-state index in [4.69, 9.17) is 4.74 Å². The fourth-order valence-corrected chi connectivity index (χ4v) is 1.88. The number of carbonyl (C=O) groups is 1. The van der Waals surface area contributed by atoms with Crippen molar-refractivity contribution in [2.24, 2.45) is 0 Å². The van der Waals surface area contributed by atoms with Gasteiger partial charge < -0.3 is 10.1 Å². The van der Waals surface area contributed by atoms with Crippen LogP contribution < -0.4 is 10.1 Å². The molecular weight excluding hydrogens is 250 g/mol. The van der Waals surface area contributed by atoms with Crippen LogP contribution in [0.1, 0.15) is 18.1 Å². The van der Waals surface area contributed by atoms with Gasteiger partial charge in [-0.15, -0.1) is 0 Å². The van der Waals surface area contributed by atoms with E-state index in [0.717, 1.165) is 16.8 Å². The zero-order valence-corrected chi connectivity index (χ0v) is 12.0. The predicted molar refractivity (Wildman–Crippen MR) is 81.1 cm³/mol. The van der Waals surface area contributed by atoms with Crippen LogP contribution in [0.25, 0.3) is 0 Å². The lowest BCUT2D eigenvalue weighted by Crippen LogP contribution is -2.30. The van der Waals surface area contributed by atoms with Crippen LogP contribution in [0, 0.1) is 13.8 Å². The zero-order valence-electron chi connectivity index (χ0n) is 12.0. The Bertz CT molecular complexity index is 593.